The fourth-order valence-electron chi connectivity index (χ4n) is 3.90. The molecular formula is C22H40O12. The Labute approximate surface area is 199 Å². The lowest BCUT2D eigenvalue weighted by atomic mass is 9.98. The minimum atomic E-state index is -1.76. The molecule has 2 saturated heterocycles. The summed E-state index contributed by atoms with van der Waals surface area (Å²) in [7, 11) is 0. The summed E-state index contributed by atoms with van der Waals surface area (Å²) in [5.41, 5.74) is 0. The van der Waals surface area contributed by atoms with Gasteiger partial charge in [-0.2, -0.15) is 0 Å². The Morgan fingerprint density at radius 2 is 1.29 bits per heavy atom. The molecule has 0 aromatic heterocycles. The lowest BCUT2D eigenvalue weighted by Gasteiger charge is -2.44. The van der Waals surface area contributed by atoms with Gasteiger partial charge in [0, 0.05) is 6.42 Å². The van der Waals surface area contributed by atoms with Crippen LogP contribution in [0.25, 0.3) is 0 Å². The molecule has 34 heavy (non-hydrogen) atoms. The summed E-state index contributed by atoms with van der Waals surface area (Å²) in [6.45, 7) is 3.23. The summed E-state index contributed by atoms with van der Waals surface area (Å²) in [6.07, 6.45) is -10.9. The second-order valence-corrected chi connectivity index (χ2v) is 9.38. The molecule has 12 heteroatoms. The molecule has 2 rings (SSSR count). The largest absolute Gasteiger partial charge is 0.463 e. The van der Waals surface area contributed by atoms with E-state index >= 15 is 0 Å². The fourth-order valence-corrected chi connectivity index (χ4v) is 3.90. The van der Waals surface area contributed by atoms with E-state index in [1.807, 2.05) is 0 Å². The van der Waals surface area contributed by atoms with Crippen molar-refractivity contribution in [2.45, 2.75) is 114 Å². The highest BCUT2D eigenvalue weighted by atomic mass is 16.8. The maximum atomic E-state index is 12.0. The molecule has 7 N–H and O–H groups in total. The molecule has 200 valence electrons. The number of carbonyl (C=O) groups is 1. The lowest BCUT2D eigenvalue weighted by Crippen LogP contribution is -2.63. The van der Waals surface area contributed by atoms with Crippen LogP contribution in [0.5, 0.6) is 0 Å². The standard InChI is InChI=1S/C22H40O12/c1-11(2)7-5-3-4-6-8-14(24)31-10-13-16(26)18(28)20(30)22(33-13)34-21-19(29)17(27)15(25)12(9-23)32-21/h11-13,15-23,25-30H,3-10H2,1-2H3/t12-,13-,15-,16-,17+,18+,19-,20-,21+,22+/m0/s1. The van der Waals surface area contributed by atoms with E-state index in [9.17, 15) is 40.5 Å². The number of hydrogen-bond donors (Lipinski definition) is 7. The highest BCUT2D eigenvalue weighted by molar-refractivity contribution is 5.69. The van der Waals surface area contributed by atoms with Crippen molar-refractivity contribution < 1.29 is 59.5 Å². The molecule has 10 atom stereocenters. The van der Waals surface area contributed by atoms with Crippen molar-refractivity contribution in [2.24, 2.45) is 5.92 Å². The molecule has 0 aliphatic carbocycles. The number of unbranched alkanes of at least 4 members (excludes halogenated alkanes) is 3. The Morgan fingerprint density at radius 1 is 0.765 bits per heavy atom. The smallest absolute Gasteiger partial charge is 0.305 e. The van der Waals surface area contributed by atoms with E-state index in [1.165, 1.54) is 0 Å². The normalized spacial score (nSPS) is 38.8. The number of aliphatic hydroxyl groups is 7. The molecule has 2 aliphatic rings. The zero-order chi connectivity index (χ0) is 25.4. The van der Waals surface area contributed by atoms with Crippen LogP contribution in [0.3, 0.4) is 0 Å². The number of carbonyl (C=O) groups excluding carboxylic acids is 1. The van der Waals surface area contributed by atoms with Crippen molar-refractivity contribution in [2.75, 3.05) is 13.2 Å². The van der Waals surface area contributed by atoms with Gasteiger partial charge in [0.15, 0.2) is 12.6 Å². The SMILES string of the molecule is CC(C)CCCCCCC(=O)OC[C@@H]1O[C@H](O[C@H]2O[C@@H](CO)[C@H](O)[C@@H](O)[C@@H]2O)[C@@H](O)[C@H](O)[C@H]1O. The summed E-state index contributed by atoms with van der Waals surface area (Å²) in [4.78, 5) is 12.0. The van der Waals surface area contributed by atoms with E-state index in [0.717, 1.165) is 25.7 Å². The molecule has 0 aromatic carbocycles. The van der Waals surface area contributed by atoms with Crippen molar-refractivity contribution in [3.05, 3.63) is 0 Å². The van der Waals surface area contributed by atoms with Crippen LogP contribution in [0.15, 0.2) is 0 Å². The van der Waals surface area contributed by atoms with Crippen molar-refractivity contribution in [3.8, 4) is 0 Å². The maximum Gasteiger partial charge on any atom is 0.305 e. The highest BCUT2D eigenvalue weighted by Crippen LogP contribution is 2.28. The van der Waals surface area contributed by atoms with Crippen LogP contribution in [0.1, 0.15) is 52.4 Å². The molecule has 0 spiro atoms. The first-order valence-corrected chi connectivity index (χ1v) is 11.9. The van der Waals surface area contributed by atoms with Crippen LogP contribution in [0, 0.1) is 5.92 Å². The van der Waals surface area contributed by atoms with Crippen LogP contribution in [0.2, 0.25) is 0 Å². The quantitative estimate of drug-likeness (QED) is 0.118. The van der Waals surface area contributed by atoms with Crippen LogP contribution in [-0.4, -0.2) is 116 Å². The predicted octanol–water partition coefficient (Wildman–Crippen LogP) is -1.85. The molecule has 0 radical (unpaired) electrons. The number of hydrogen-bond acceptors (Lipinski definition) is 12. The number of rotatable bonds is 12. The first kappa shape index (κ1) is 29.3. The molecule has 0 unspecified atom stereocenters. The average molecular weight is 497 g/mol. The van der Waals surface area contributed by atoms with Crippen LogP contribution >= 0.6 is 0 Å². The first-order valence-electron chi connectivity index (χ1n) is 11.9. The first-order chi connectivity index (χ1) is 16.1. The fraction of sp³-hybridized carbons (Fsp3) is 0.955. The van der Waals surface area contributed by atoms with Crippen molar-refractivity contribution in [3.63, 3.8) is 0 Å². The summed E-state index contributed by atoms with van der Waals surface area (Å²) < 4.78 is 21.1. The van der Waals surface area contributed by atoms with E-state index in [1.54, 1.807) is 0 Å². The molecule has 0 bridgehead atoms. The van der Waals surface area contributed by atoms with Gasteiger partial charge in [0.1, 0.15) is 55.4 Å². The highest BCUT2D eigenvalue weighted by Gasteiger charge is 2.49. The van der Waals surface area contributed by atoms with E-state index < -0.39 is 80.6 Å². The molecule has 2 fully saturated rings. The van der Waals surface area contributed by atoms with E-state index in [-0.39, 0.29) is 6.42 Å². The van der Waals surface area contributed by atoms with E-state index in [2.05, 4.69) is 13.8 Å². The van der Waals surface area contributed by atoms with Gasteiger partial charge in [0.25, 0.3) is 0 Å². The van der Waals surface area contributed by atoms with Gasteiger partial charge in [-0.3, -0.25) is 4.79 Å². The average Bonchev–Trinajstić information content (AvgIpc) is 2.80. The van der Waals surface area contributed by atoms with Crippen molar-refractivity contribution >= 4 is 5.97 Å². The minimum absolute atomic E-state index is 0.195. The number of aliphatic hydroxyl groups excluding tert-OH is 7. The Kier molecular flexibility index (Phi) is 12.0. The summed E-state index contributed by atoms with van der Waals surface area (Å²) in [5, 5.41) is 69.7. The van der Waals surface area contributed by atoms with Crippen LogP contribution in [0.4, 0.5) is 0 Å². The minimum Gasteiger partial charge on any atom is -0.463 e. The van der Waals surface area contributed by atoms with Gasteiger partial charge in [0.2, 0.25) is 0 Å². The van der Waals surface area contributed by atoms with Gasteiger partial charge in [-0.25, -0.2) is 0 Å². The molecule has 0 amide bonds. The number of ether oxygens (including phenoxy) is 4. The molecule has 12 nitrogen and oxygen atoms in total. The third-order valence-electron chi connectivity index (χ3n) is 6.11. The molecule has 0 saturated carbocycles. The predicted molar refractivity (Wildman–Crippen MR) is 115 cm³/mol. The van der Waals surface area contributed by atoms with Gasteiger partial charge >= 0.3 is 5.97 Å². The van der Waals surface area contributed by atoms with Crippen LogP contribution in [-0.2, 0) is 23.7 Å². The van der Waals surface area contributed by atoms with Gasteiger partial charge in [-0.15, -0.1) is 0 Å². The Bertz CT molecular complexity index is 602. The third-order valence-corrected chi connectivity index (χ3v) is 6.11. The Balaban J connectivity index is 1.84. The zero-order valence-electron chi connectivity index (χ0n) is 19.7. The third kappa shape index (κ3) is 8.05. The molecular weight excluding hydrogens is 456 g/mol. The molecule has 2 heterocycles. The van der Waals surface area contributed by atoms with Crippen molar-refractivity contribution in [1.82, 2.24) is 0 Å². The van der Waals surface area contributed by atoms with Crippen molar-refractivity contribution in [1.29, 1.82) is 0 Å². The van der Waals surface area contributed by atoms with E-state index in [4.69, 9.17) is 18.9 Å². The second-order valence-electron chi connectivity index (χ2n) is 9.38. The number of esters is 1. The molecule has 2 aliphatic heterocycles. The van der Waals surface area contributed by atoms with Crippen LogP contribution < -0.4 is 0 Å². The summed E-state index contributed by atoms with van der Waals surface area (Å²) in [6, 6.07) is 0. The van der Waals surface area contributed by atoms with E-state index in [0.29, 0.717) is 12.3 Å². The Morgan fingerprint density at radius 3 is 1.85 bits per heavy atom. The topological polar surface area (TPSA) is 196 Å². The monoisotopic (exact) mass is 496 g/mol. The summed E-state index contributed by atoms with van der Waals surface area (Å²) in [5.74, 6) is 0.154. The molecule has 0 aromatic rings. The van der Waals surface area contributed by atoms with Gasteiger partial charge in [-0.1, -0.05) is 39.5 Å². The summed E-state index contributed by atoms with van der Waals surface area (Å²) >= 11 is 0. The second kappa shape index (κ2) is 14.0. The van der Waals surface area contributed by atoms with Gasteiger partial charge in [-0.05, 0) is 12.3 Å². The maximum absolute atomic E-state index is 12.0. The van der Waals surface area contributed by atoms with Gasteiger partial charge in [0.05, 0.1) is 6.61 Å². The zero-order valence-corrected chi connectivity index (χ0v) is 19.7. The van der Waals surface area contributed by atoms with Gasteiger partial charge < -0.3 is 54.7 Å². The Hall–Kier alpha value is -0.930. The lowest BCUT2D eigenvalue weighted by molar-refractivity contribution is -0.376.